The van der Waals surface area contributed by atoms with Gasteiger partial charge in [0.15, 0.2) is 0 Å². The number of hydrogen-bond donors (Lipinski definition) is 0. The Balaban J connectivity index is 1.09. The van der Waals surface area contributed by atoms with Crippen LogP contribution >= 0.6 is 0 Å². The summed E-state index contributed by atoms with van der Waals surface area (Å²) in [5.41, 5.74) is 15.9. The van der Waals surface area contributed by atoms with E-state index in [0.29, 0.717) is 0 Å². The van der Waals surface area contributed by atoms with E-state index in [2.05, 4.69) is 231 Å². The SMILES string of the molecule is CC1(C)c2cc(-c3ccc4ccccc4c3)ccc2-c2ccc(N(c3ccccc3-c3ccc(-c4ccccc4)cc3)c3cc4ccccc4c4ccccc34)cc21. The molecule has 0 saturated carbocycles. The molecule has 0 aliphatic heterocycles. The van der Waals surface area contributed by atoms with Crippen molar-refractivity contribution < 1.29 is 0 Å². The molecule has 0 fully saturated rings. The maximum absolute atomic E-state index is 2.51. The van der Waals surface area contributed by atoms with E-state index >= 15 is 0 Å². The zero-order valence-electron chi connectivity index (χ0n) is 32.7. The second kappa shape index (κ2) is 13.5. The van der Waals surface area contributed by atoms with Gasteiger partial charge in [-0.15, -0.1) is 0 Å². The lowest BCUT2D eigenvalue weighted by atomic mass is 9.81. The molecular weight excluding hydrogens is 699 g/mol. The Hall–Kier alpha value is -7.22. The predicted molar refractivity (Wildman–Crippen MR) is 248 cm³/mol. The Labute approximate surface area is 340 Å². The predicted octanol–water partition coefficient (Wildman–Crippen LogP) is 15.9. The Morgan fingerprint density at radius 2 is 0.862 bits per heavy atom. The van der Waals surface area contributed by atoms with Gasteiger partial charge in [-0.1, -0.05) is 190 Å². The highest BCUT2D eigenvalue weighted by Crippen LogP contribution is 2.53. The first-order valence-electron chi connectivity index (χ1n) is 20.3. The third-order valence-electron chi connectivity index (χ3n) is 12.4. The van der Waals surface area contributed by atoms with Crippen LogP contribution in [0, 0.1) is 0 Å². The van der Waals surface area contributed by atoms with Crippen molar-refractivity contribution in [2.45, 2.75) is 19.3 Å². The molecule has 0 bridgehead atoms. The molecule has 0 spiro atoms. The van der Waals surface area contributed by atoms with E-state index in [1.807, 2.05) is 0 Å². The van der Waals surface area contributed by atoms with Crippen molar-refractivity contribution in [2.24, 2.45) is 0 Å². The Morgan fingerprint density at radius 1 is 0.310 bits per heavy atom. The summed E-state index contributed by atoms with van der Waals surface area (Å²) in [6.45, 7) is 4.78. The number of benzene rings is 10. The zero-order valence-corrected chi connectivity index (χ0v) is 32.7. The summed E-state index contributed by atoms with van der Waals surface area (Å²) < 4.78 is 0. The summed E-state index contributed by atoms with van der Waals surface area (Å²) in [7, 11) is 0. The third-order valence-corrected chi connectivity index (χ3v) is 12.4. The monoisotopic (exact) mass is 739 g/mol. The highest BCUT2D eigenvalue weighted by molar-refractivity contribution is 6.15. The Bertz CT molecular complexity index is 3190. The maximum Gasteiger partial charge on any atom is 0.0546 e. The maximum atomic E-state index is 2.51. The molecule has 1 aliphatic carbocycles. The number of nitrogens with zero attached hydrogens (tertiary/aromatic N) is 1. The number of para-hydroxylation sites is 1. The van der Waals surface area contributed by atoms with Gasteiger partial charge in [0.25, 0.3) is 0 Å². The van der Waals surface area contributed by atoms with E-state index in [4.69, 9.17) is 0 Å². The highest BCUT2D eigenvalue weighted by atomic mass is 15.1. The molecule has 1 aliphatic rings. The first kappa shape index (κ1) is 34.1. The van der Waals surface area contributed by atoms with Crippen LogP contribution < -0.4 is 4.90 Å². The van der Waals surface area contributed by atoms with Crippen LogP contribution in [0.2, 0.25) is 0 Å². The van der Waals surface area contributed by atoms with E-state index in [1.54, 1.807) is 0 Å². The van der Waals surface area contributed by atoms with Crippen LogP contribution in [-0.4, -0.2) is 0 Å². The minimum atomic E-state index is -0.211. The number of rotatable bonds is 6. The van der Waals surface area contributed by atoms with Crippen molar-refractivity contribution in [1.82, 2.24) is 0 Å². The summed E-state index contributed by atoms with van der Waals surface area (Å²) in [4.78, 5) is 2.51. The van der Waals surface area contributed by atoms with Crippen LogP contribution in [0.25, 0.3) is 76.8 Å². The van der Waals surface area contributed by atoms with Crippen molar-refractivity contribution in [3.8, 4) is 44.5 Å². The Kier molecular flexibility index (Phi) is 7.91. The molecule has 0 unspecified atom stereocenters. The molecule has 0 saturated heterocycles. The summed E-state index contributed by atoms with van der Waals surface area (Å²) in [5.74, 6) is 0. The van der Waals surface area contributed by atoms with Gasteiger partial charge in [-0.3, -0.25) is 0 Å². The average Bonchev–Trinajstić information content (AvgIpc) is 3.51. The lowest BCUT2D eigenvalue weighted by Crippen LogP contribution is -2.17. The fourth-order valence-electron chi connectivity index (χ4n) is 9.43. The van der Waals surface area contributed by atoms with Gasteiger partial charge >= 0.3 is 0 Å². The molecule has 10 aromatic rings. The van der Waals surface area contributed by atoms with Crippen molar-refractivity contribution in [3.05, 3.63) is 223 Å². The quantitative estimate of drug-likeness (QED) is 0.154. The number of anilines is 3. The van der Waals surface area contributed by atoms with E-state index in [-0.39, 0.29) is 5.41 Å². The second-order valence-corrected chi connectivity index (χ2v) is 16.1. The first-order valence-corrected chi connectivity index (χ1v) is 20.3. The van der Waals surface area contributed by atoms with Gasteiger partial charge in [0.1, 0.15) is 0 Å². The lowest BCUT2D eigenvalue weighted by Gasteiger charge is -2.31. The van der Waals surface area contributed by atoms with Gasteiger partial charge in [0.05, 0.1) is 11.4 Å². The molecule has 0 N–H and O–H groups in total. The zero-order chi connectivity index (χ0) is 38.8. The molecule has 1 nitrogen and oxygen atoms in total. The van der Waals surface area contributed by atoms with E-state index in [1.165, 1.54) is 88.0 Å². The normalized spacial score (nSPS) is 12.8. The number of fused-ring (bicyclic) bond motifs is 7. The molecule has 11 rings (SSSR count). The van der Waals surface area contributed by atoms with Crippen LogP contribution in [0.3, 0.4) is 0 Å². The van der Waals surface area contributed by atoms with E-state index < -0.39 is 0 Å². The minimum Gasteiger partial charge on any atom is -0.309 e. The molecule has 0 radical (unpaired) electrons. The summed E-state index contributed by atoms with van der Waals surface area (Å²) in [5, 5.41) is 7.49. The van der Waals surface area contributed by atoms with Gasteiger partial charge in [-0.2, -0.15) is 0 Å². The van der Waals surface area contributed by atoms with Crippen molar-refractivity contribution >= 4 is 49.4 Å². The third kappa shape index (κ3) is 5.54. The molecule has 0 atom stereocenters. The van der Waals surface area contributed by atoms with Crippen LogP contribution in [0.15, 0.2) is 212 Å². The fourth-order valence-corrected chi connectivity index (χ4v) is 9.43. The van der Waals surface area contributed by atoms with Crippen molar-refractivity contribution in [3.63, 3.8) is 0 Å². The Morgan fingerprint density at radius 3 is 1.67 bits per heavy atom. The van der Waals surface area contributed by atoms with Crippen molar-refractivity contribution in [1.29, 1.82) is 0 Å². The molecule has 0 amide bonds. The lowest BCUT2D eigenvalue weighted by molar-refractivity contribution is 0.660. The van der Waals surface area contributed by atoms with Crippen LogP contribution in [0.4, 0.5) is 17.1 Å². The van der Waals surface area contributed by atoms with Gasteiger partial charge in [-0.05, 0) is 113 Å². The van der Waals surface area contributed by atoms with Crippen LogP contribution in [0.1, 0.15) is 25.0 Å². The molecular formula is C57H41N. The fraction of sp³-hybridized carbons (Fsp3) is 0.0526. The topological polar surface area (TPSA) is 3.24 Å². The smallest absolute Gasteiger partial charge is 0.0546 e. The summed E-state index contributed by atoms with van der Waals surface area (Å²) >= 11 is 0. The van der Waals surface area contributed by atoms with E-state index in [0.717, 1.165) is 17.1 Å². The highest BCUT2D eigenvalue weighted by Gasteiger charge is 2.36. The summed E-state index contributed by atoms with van der Waals surface area (Å²) in [6, 6.07) is 78.3. The van der Waals surface area contributed by atoms with E-state index in [9.17, 15) is 0 Å². The molecule has 0 aromatic heterocycles. The molecule has 10 aromatic carbocycles. The standard InChI is InChI=1S/C57H41N/c1-57(2)53-35-44(43-29-26-39-16-6-7-17-42(39)34-43)30-32-50(53)51-33-31-46(37-54(51)57)58(56-36-45-18-8-9-19-47(45)49-21-10-11-22-52(49)56)55-23-13-12-20-48(55)41-27-24-40(25-28-41)38-14-4-3-5-15-38/h3-37H,1-2H3. The second-order valence-electron chi connectivity index (χ2n) is 16.1. The van der Waals surface area contributed by atoms with Gasteiger partial charge in [-0.25, -0.2) is 0 Å². The van der Waals surface area contributed by atoms with Gasteiger partial charge in [0, 0.05) is 22.1 Å². The molecule has 1 heteroatoms. The molecule has 0 heterocycles. The molecule has 58 heavy (non-hydrogen) atoms. The number of hydrogen-bond acceptors (Lipinski definition) is 1. The van der Waals surface area contributed by atoms with Crippen LogP contribution in [0.5, 0.6) is 0 Å². The van der Waals surface area contributed by atoms with Crippen LogP contribution in [-0.2, 0) is 5.41 Å². The van der Waals surface area contributed by atoms with Crippen molar-refractivity contribution in [2.75, 3.05) is 4.90 Å². The molecule has 274 valence electrons. The van der Waals surface area contributed by atoms with Gasteiger partial charge < -0.3 is 4.90 Å². The summed E-state index contributed by atoms with van der Waals surface area (Å²) in [6.07, 6.45) is 0. The van der Waals surface area contributed by atoms with Gasteiger partial charge in [0.2, 0.25) is 0 Å². The first-order chi connectivity index (χ1) is 28.5. The average molecular weight is 740 g/mol. The largest absolute Gasteiger partial charge is 0.309 e. The minimum absolute atomic E-state index is 0.211.